The summed E-state index contributed by atoms with van der Waals surface area (Å²) in [6, 6.07) is 11.8. The van der Waals surface area contributed by atoms with Crippen LogP contribution in [-0.4, -0.2) is 31.8 Å². The van der Waals surface area contributed by atoms with Crippen LogP contribution in [0.15, 0.2) is 60.7 Å². The molecule has 0 radical (unpaired) electrons. The Balaban J connectivity index is 0.000000215. The number of halogens is 7. The molecule has 14 heteroatoms. The van der Waals surface area contributed by atoms with Gasteiger partial charge in [0.15, 0.2) is 11.5 Å². The topological polar surface area (TPSA) is 96.7 Å². The van der Waals surface area contributed by atoms with Crippen LogP contribution in [0, 0.1) is 0 Å². The maximum atomic E-state index is 12.8. The van der Waals surface area contributed by atoms with Gasteiger partial charge in [0, 0.05) is 5.56 Å². The molecule has 2 heterocycles. The van der Waals surface area contributed by atoms with E-state index in [9.17, 15) is 26.3 Å². The minimum atomic E-state index is -4.45. The highest BCUT2D eigenvalue weighted by Crippen LogP contribution is 2.34. The van der Waals surface area contributed by atoms with E-state index in [1.54, 1.807) is 6.07 Å². The molecule has 0 atom stereocenters. The van der Waals surface area contributed by atoms with E-state index >= 15 is 0 Å². The quantitative estimate of drug-likeness (QED) is 0.284. The van der Waals surface area contributed by atoms with Gasteiger partial charge in [-0.05, 0) is 29.7 Å². The van der Waals surface area contributed by atoms with Gasteiger partial charge in [0.1, 0.15) is 10.8 Å². The van der Waals surface area contributed by atoms with Gasteiger partial charge < -0.3 is 15.8 Å². The number of fused-ring (bicyclic) bond motifs is 1. The van der Waals surface area contributed by atoms with E-state index in [-0.39, 0.29) is 27.7 Å². The van der Waals surface area contributed by atoms with Gasteiger partial charge in [0.2, 0.25) is 0 Å². The first kappa shape index (κ1) is 25.3. The Labute approximate surface area is 193 Å². The van der Waals surface area contributed by atoms with Crippen molar-refractivity contribution in [2.45, 2.75) is 12.4 Å². The van der Waals surface area contributed by atoms with Crippen molar-refractivity contribution in [2.24, 2.45) is 0 Å². The molecule has 4 aromatic rings. The SMILES string of the molecule is Nc1nc2ccc(Cl)nn2c1-c1cccc(C(F)(F)F)c1.OB(O)c1cccc(C(F)(F)F)c1. The molecule has 2 aromatic carbocycles. The van der Waals surface area contributed by atoms with Crippen LogP contribution in [-0.2, 0) is 12.4 Å². The molecule has 0 aliphatic heterocycles. The smallest absolute Gasteiger partial charge is 0.423 e. The zero-order valence-corrected chi connectivity index (χ0v) is 17.6. The number of rotatable bonds is 2. The number of benzene rings is 2. The molecule has 34 heavy (non-hydrogen) atoms. The Morgan fingerprint density at radius 2 is 1.44 bits per heavy atom. The zero-order valence-electron chi connectivity index (χ0n) is 16.8. The fourth-order valence-electron chi connectivity index (χ4n) is 2.92. The van der Waals surface area contributed by atoms with Crippen molar-refractivity contribution in [3.05, 3.63) is 76.9 Å². The molecule has 4 N–H and O–H groups in total. The summed E-state index contributed by atoms with van der Waals surface area (Å²) in [5, 5.41) is 21.4. The number of nitrogens with zero attached hydrogens (tertiary/aromatic N) is 3. The molecule has 0 unspecified atom stereocenters. The lowest BCUT2D eigenvalue weighted by atomic mass is 9.79. The van der Waals surface area contributed by atoms with E-state index in [1.165, 1.54) is 28.8 Å². The summed E-state index contributed by atoms with van der Waals surface area (Å²) in [6.07, 6.45) is -8.89. The molecule has 2 aromatic heterocycles. The highest BCUT2D eigenvalue weighted by molar-refractivity contribution is 6.58. The van der Waals surface area contributed by atoms with Crippen molar-refractivity contribution in [3.8, 4) is 11.3 Å². The van der Waals surface area contributed by atoms with E-state index in [4.69, 9.17) is 27.4 Å². The monoisotopic (exact) mass is 502 g/mol. The van der Waals surface area contributed by atoms with Crippen molar-refractivity contribution in [1.29, 1.82) is 0 Å². The maximum absolute atomic E-state index is 12.8. The van der Waals surface area contributed by atoms with Crippen LogP contribution in [0.25, 0.3) is 16.9 Å². The van der Waals surface area contributed by atoms with E-state index in [0.717, 1.165) is 24.3 Å². The Kier molecular flexibility index (Phi) is 7.10. The molecule has 0 spiro atoms. The molecular formula is C20H14BClF6N4O2. The van der Waals surface area contributed by atoms with E-state index < -0.39 is 30.6 Å². The van der Waals surface area contributed by atoms with Crippen molar-refractivity contribution < 1.29 is 36.4 Å². The van der Waals surface area contributed by atoms with Crippen molar-refractivity contribution >= 4 is 35.6 Å². The third kappa shape index (κ3) is 5.79. The molecule has 0 aliphatic rings. The summed E-state index contributed by atoms with van der Waals surface area (Å²) in [5.74, 6) is 0.0871. The van der Waals surface area contributed by atoms with E-state index in [0.29, 0.717) is 11.7 Å². The van der Waals surface area contributed by atoms with Gasteiger partial charge in [-0.3, -0.25) is 0 Å². The van der Waals surface area contributed by atoms with Crippen molar-refractivity contribution in [1.82, 2.24) is 14.6 Å². The lowest BCUT2D eigenvalue weighted by molar-refractivity contribution is -0.138. The second-order valence-electron chi connectivity index (χ2n) is 6.85. The van der Waals surface area contributed by atoms with Crippen LogP contribution in [0.4, 0.5) is 32.2 Å². The minimum absolute atomic E-state index is 0.0871. The highest BCUT2D eigenvalue weighted by atomic mass is 35.5. The van der Waals surface area contributed by atoms with Gasteiger partial charge in [-0.1, -0.05) is 48.0 Å². The summed E-state index contributed by atoms with van der Waals surface area (Å²) in [6.45, 7) is 0. The van der Waals surface area contributed by atoms with Crippen LogP contribution < -0.4 is 11.2 Å². The third-order valence-electron chi connectivity index (χ3n) is 4.45. The van der Waals surface area contributed by atoms with Gasteiger partial charge in [-0.2, -0.15) is 31.4 Å². The largest absolute Gasteiger partial charge is 0.488 e. The standard InChI is InChI=1S/C13H8ClF3N4.C7H6BF3O2/c14-9-4-5-10-19-12(18)11(21(10)20-9)7-2-1-3-8(6-7)13(15,16)17;9-7(10,11)5-2-1-3-6(4-5)8(12)13/h1-6H,18H2;1-4,12-13H. The van der Waals surface area contributed by atoms with E-state index in [1.807, 2.05) is 0 Å². The van der Waals surface area contributed by atoms with Crippen LogP contribution in [0.2, 0.25) is 5.15 Å². The van der Waals surface area contributed by atoms with Gasteiger partial charge in [-0.25, -0.2) is 9.50 Å². The molecule has 0 saturated heterocycles. The van der Waals surface area contributed by atoms with Gasteiger partial charge in [0.25, 0.3) is 0 Å². The van der Waals surface area contributed by atoms with Crippen LogP contribution in [0.5, 0.6) is 0 Å². The Bertz CT molecular complexity index is 1310. The molecule has 0 saturated carbocycles. The Morgan fingerprint density at radius 1 is 0.853 bits per heavy atom. The number of aromatic nitrogens is 3. The van der Waals surface area contributed by atoms with Crippen LogP contribution >= 0.6 is 11.6 Å². The third-order valence-corrected chi connectivity index (χ3v) is 4.65. The Hall–Kier alpha value is -3.29. The van der Waals surface area contributed by atoms with Gasteiger partial charge in [-0.15, -0.1) is 0 Å². The summed E-state index contributed by atoms with van der Waals surface area (Å²) < 4.78 is 75.9. The molecule has 178 valence electrons. The van der Waals surface area contributed by atoms with Gasteiger partial charge >= 0.3 is 19.5 Å². The molecule has 0 aliphatic carbocycles. The molecule has 0 amide bonds. The molecule has 4 rings (SSSR count). The predicted molar refractivity (Wildman–Crippen MR) is 114 cm³/mol. The average Bonchev–Trinajstić information content (AvgIpc) is 3.08. The fourth-order valence-corrected chi connectivity index (χ4v) is 3.06. The van der Waals surface area contributed by atoms with Crippen molar-refractivity contribution in [2.75, 3.05) is 5.73 Å². The lowest BCUT2D eigenvalue weighted by Gasteiger charge is -2.08. The van der Waals surface area contributed by atoms with Crippen LogP contribution in [0.1, 0.15) is 11.1 Å². The minimum Gasteiger partial charge on any atom is -0.423 e. The number of nitrogen functional groups attached to an aromatic ring is 1. The highest BCUT2D eigenvalue weighted by Gasteiger charge is 2.32. The maximum Gasteiger partial charge on any atom is 0.488 e. The first-order valence-corrected chi connectivity index (χ1v) is 9.67. The summed E-state index contributed by atoms with van der Waals surface area (Å²) in [5.41, 5.74) is 4.92. The first-order chi connectivity index (χ1) is 15.8. The average molecular weight is 503 g/mol. The van der Waals surface area contributed by atoms with Crippen molar-refractivity contribution in [3.63, 3.8) is 0 Å². The van der Waals surface area contributed by atoms with Crippen LogP contribution in [0.3, 0.4) is 0 Å². The molecule has 0 fully saturated rings. The van der Waals surface area contributed by atoms with E-state index in [2.05, 4.69) is 10.1 Å². The molecule has 0 bridgehead atoms. The number of imidazole rings is 1. The second-order valence-corrected chi connectivity index (χ2v) is 7.23. The normalized spacial score (nSPS) is 11.8. The Morgan fingerprint density at radius 3 is 2.03 bits per heavy atom. The molecular weight excluding hydrogens is 488 g/mol. The number of nitrogens with two attached hydrogens (primary N) is 1. The first-order valence-electron chi connectivity index (χ1n) is 9.29. The summed E-state index contributed by atoms with van der Waals surface area (Å²) in [4.78, 5) is 4.06. The molecule has 6 nitrogen and oxygen atoms in total. The fraction of sp³-hybridized carbons (Fsp3) is 0.100. The number of hydrogen-bond donors (Lipinski definition) is 3. The predicted octanol–water partition coefficient (Wildman–Crippen LogP) is 4.04. The summed E-state index contributed by atoms with van der Waals surface area (Å²) >= 11 is 5.81. The number of hydrogen-bond acceptors (Lipinski definition) is 5. The zero-order chi connectivity index (χ0) is 25.3. The second kappa shape index (κ2) is 9.53. The van der Waals surface area contributed by atoms with Gasteiger partial charge in [0.05, 0.1) is 11.1 Å². The lowest BCUT2D eigenvalue weighted by Crippen LogP contribution is -2.30. The summed E-state index contributed by atoms with van der Waals surface area (Å²) in [7, 11) is -1.87. The number of alkyl halides is 6. The number of anilines is 1.